The summed E-state index contributed by atoms with van der Waals surface area (Å²) in [5, 5.41) is 3.56. The smallest absolute Gasteiger partial charge is 0.0952 e. The molecule has 0 bridgehead atoms. The van der Waals surface area contributed by atoms with Crippen molar-refractivity contribution >= 4 is 0 Å². The Morgan fingerprint density at radius 2 is 1.96 bits per heavy atom. The molecule has 2 rings (SSSR count). The molecule has 1 aliphatic heterocycles. The van der Waals surface area contributed by atoms with Gasteiger partial charge in [0.05, 0.1) is 12.7 Å². The topological polar surface area (TPSA) is 24.5 Å². The van der Waals surface area contributed by atoms with Gasteiger partial charge in [-0.3, -0.25) is 4.90 Å². The van der Waals surface area contributed by atoms with Crippen LogP contribution in [-0.2, 0) is 11.3 Å². The Kier molecular flexibility index (Phi) is 8.94. The van der Waals surface area contributed by atoms with Crippen molar-refractivity contribution in [1.29, 1.82) is 0 Å². The number of benzene rings is 1. The normalized spacial score (nSPS) is 19.0. The molecular formula is C22H38N2O. The van der Waals surface area contributed by atoms with Crippen molar-refractivity contribution in [3.8, 4) is 0 Å². The van der Waals surface area contributed by atoms with E-state index in [0.717, 1.165) is 44.6 Å². The molecule has 3 nitrogen and oxygen atoms in total. The van der Waals surface area contributed by atoms with Crippen molar-refractivity contribution in [1.82, 2.24) is 10.2 Å². The van der Waals surface area contributed by atoms with E-state index in [2.05, 4.69) is 62.2 Å². The molecule has 142 valence electrons. The summed E-state index contributed by atoms with van der Waals surface area (Å²) in [6.07, 6.45) is 4.07. The first-order valence-electron chi connectivity index (χ1n) is 10.2. The number of nitrogens with one attached hydrogen (secondary N) is 1. The fourth-order valence-corrected chi connectivity index (χ4v) is 3.36. The van der Waals surface area contributed by atoms with Crippen molar-refractivity contribution in [3.63, 3.8) is 0 Å². The summed E-state index contributed by atoms with van der Waals surface area (Å²) in [4.78, 5) is 2.57. The van der Waals surface area contributed by atoms with Gasteiger partial charge in [0.2, 0.25) is 0 Å². The molecule has 1 atom stereocenters. The molecule has 1 heterocycles. The van der Waals surface area contributed by atoms with Gasteiger partial charge in [0.15, 0.2) is 0 Å². The summed E-state index contributed by atoms with van der Waals surface area (Å²) < 4.78 is 6.07. The van der Waals surface area contributed by atoms with E-state index in [-0.39, 0.29) is 6.10 Å². The molecule has 1 aromatic rings. The highest BCUT2D eigenvalue weighted by Gasteiger charge is 2.21. The number of hydrogen-bond donors (Lipinski definition) is 1. The van der Waals surface area contributed by atoms with Crippen LogP contribution in [0.1, 0.15) is 64.2 Å². The Bertz CT molecular complexity index is 487. The van der Waals surface area contributed by atoms with Crippen LogP contribution < -0.4 is 5.32 Å². The van der Waals surface area contributed by atoms with E-state index in [9.17, 15) is 0 Å². The molecule has 1 aromatic carbocycles. The van der Waals surface area contributed by atoms with E-state index in [0.29, 0.717) is 0 Å². The van der Waals surface area contributed by atoms with Crippen molar-refractivity contribution in [2.75, 3.05) is 32.8 Å². The third kappa shape index (κ3) is 7.89. The lowest BCUT2D eigenvalue weighted by Crippen LogP contribution is -2.39. The van der Waals surface area contributed by atoms with Crippen LogP contribution in [-0.4, -0.2) is 37.7 Å². The van der Waals surface area contributed by atoms with Crippen molar-refractivity contribution in [2.24, 2.45) is 11.8 Å². The van der Waals surface area contributed by atoms with E-state index in [4.69, 9.17) is 4.74 Å². The highest BCUT2D eigenvalue weighted by Crippen LogP contribution is 2.23. The zero-order valence-electron chi connectivity index (χ0n) is 16.8. The molecule has 1 fully saturated rings. The van der Waals surface area contributed by atoms with Gasteiger partial charge in [-0.25, -0.2) is 0 Å². The molecule has 0 amide bonds. The largest absolute Gasteiger partial charge is 0.371 e. The summed E-state index contributed by atoms with van der Waals surface area (Å²) in [6.45, 7) is 15.4. The van der Waals surface area contributed by atoms with Crippen molar-refractivity contribution < 1.29 is 4.74 Å². The number of morpholine rings is 1. The predicted octanol–water partition coefficient (Wildman–Crippen LogP) is 4.63. The van der Waals surface area contributed by atoms with Crippen LogP contribution >= 0.6 is 0 Å². The molecule has 1 saturated heterocycles. The number of ether oxygens (including phenoxy) is 1. The molecule has 0 aromatic heterocycles. The van der Waals surface area contributed by atoms with E-state index >= 15 is 0 Å². The van der Waals surface area contributed by atoms with Crippen molar-refractivity contribution in [3.05, 3.63) is 35.4 Å². The molecule has 1 unspecified atom stereocenters. The maximum Gasteiger partial charge on any atom is 0.0952 e. The summed E-state index contributed by atoms with van der Waals surface area (Å²) >= 11 is 0. The average Bonchev–Trinajstić information content (AvgIpc) is 2.59. The fourth-order valence-electron chi connectivity index (χ4n) is 3.36. The summed E-state index contributed by atoms with van der Waals surface area (Å²) in [5.74, 6) is 1.56. The molecule has 1 aliphatic rings. The second-order valence-corrected chi connectivity index (χ2v) is 8.30. The van der Waals surface area contributed by atoms with Gasteiger partial charge in [-0.1, -0.05) is 52.0 Å². The lowest BCUT2D eigenvalue weighted by Gasteiger charge is -2.33. The Balaban J connectivity index is 1.82. The van der Waals surface area contributed by atoms with Gasteiger partial charge < -0.3 is 10.1 Å². The van der Waals surface area contributed by atoms with Crippen LogP contribution in [0.25, 0.3) is 0 Å². The van der Waals surface area contributed by atoms with Crippen LogP contribution in [0.3, 0.4) is 0 Å². The van der Waals surface area contributed by atoms with E-state index in [1.165, 1.54) is 36.9 Å². The highest BCUT2D eigenvalue weighted by molar-refractivity contribution is 5.25. The van der Waals surface area contributed by atoms with E-state index in [1.807, 2.05) is 0 Å². The molecule has 0 radical (unpaired) electrons. The van der Waals surface area contributed by atoms with E-state index < -0.39 is 0 Å². The van der Waals surface area contributed by atoms with Gasteiger partial charge in [0.1, 0.15) is 0 Å². The molecule has 1 N–H and O–H groups in total. The molecule has 3 heteroatoms. The predicted molar refractivity (Wildman–Crippen MR) is 107 cm³/mol. The average molecular weight is 347 g/mol. The van der Waals surface area contributed by atoms with Crippen LogP contribution in [0.15, 0.2) is 24.3 Å². The van der Waals surface area contributed by atoms with Crippen LogP contribution in [0.4, 0.5) is 0 Å². The molecule has 0 aliphatic carbocycles. The summed E-state index contributed by atoms with van der Waals surface area (Å²) in [6, 6.07) is 8.94. The fraction of sp³-hybridized carbons (Fsp3) is 0.727. The SMILES string of the molecule is CC(C)CCCN1CCOC(c2cccc(CNCCC(C)C)c2)C1. The third-order valence-electron chi connectivity index (χ3n) is 4.96. The minimum atomic E-state index is 0.225. The Labute approximate surface area is 155 Å². The van der Waals surface area contributed by atoms with Crippen LogP contribution in [0.2, 0.25) is 0 Å². The van der Waals surface area contributed by atoms with Gasteiger partial charge in [0.25, 0.3) is 0 Å². The first-order chi connectivity index (χ1) is 12.0. The Morgan fingerprint density at radius 1 is 1.16 bits per heavy atom. The minimum absolute atomic E-state index is 0.225. The maximum atomic E-state index is 6.07. The second kappa shape index (κ2) is 10.9. The van der Waals surface area contributed by atoms with Crippen LogP contribution in [0.5, 0.6) is 0 Å². The van der Waals surface area contributed by atoms with Gasteiger partial charge in [-0.05, 0) is 55.3 Å². The third-order valence-corrected chi connectivity index (χ3v) is 4.96. The van der Waals surface area contributed by atoms with Gasteiger partial charge in [-0.2, -0.15) is 0 Å². The first-order valence-corrected chi connectivity index (χ1v) is 10.2. The zero-order chi connectivity index (χ0) is 18.1. The van der Waals surface area contributed by atoms with E-state index in [1.54, 1.807) is 0 Å². The molecule has 25 heavy (non-hydrogen) atoms. The van der Waals surface area contributed by atoms with Gasteiger partial charge in [0, 0.05) is 19.6 Å². The first kappa shape index (κ1) is 20.4. The van der Waals surface area contributed by atoms with Gasteiger partial charge in [-0.15, -0.1) is 0 Å². The lowest BCUT2D eigenvalue weighted by molar-refractivity contribution is -0.0305. The van der Waals surface area contributed by atoms with Crippen LogP contribution in [0, 0.1) is 11.8 Å². The summed E-state index contributed by atoms with van der Waals surface area (Å²) in [5.41, 5.74) is 2.69. The zero-order valence-corrected chi connectivity index (χ0v) is 16.8. The Hall–Kier alpha value is -0.900. The Morgan fingerprint density at radius 3 is 2.72 bits per heavy atom. The lowest BCUT2D eigenvalue weighted by atomic mass is 10.0. The van der Waals surface area contributed by atoms with Crippen molar-refractivity contribution in [2.45, 2.75) is 59.6 Å². The molecule has 0 saturated carbocycles. The molecular weight excluding hydrogens is 308 g/mol. The quantitative estimate of drug-likeness (QED) is 0.625. The van der Waals surface area contributed by atoms with Gasteiger partial charge >= 0.3 is 0 Å². The monoisotopic (exact) mass is 346 g/mol. The molecule has 0 spiro atoms. The summed E-state index contributed by atoms with van der Waals surface area (Å²) in [7, 11) is 0. The highest BCUT2D eigenvalue weighted by atomic mass is 16.5. The number of rotatable bonds is 10. The second-order valence-electron chi connectivity index (χ2n) is 8.30. The standard InChI is InChI=1S/C22H38N2O/c1-18(2)7-6-12-24-13-14-25-22(17-24)21-9-5-8-20(15-21)16-23-11-10-19(3)4/h5,8-9,15,18-19,22-23H,6-7,10-14,16-17H2,1-4H3. The number of nitrogens with zero attached hydrogens (tertiary/aromatic N) is 1. The minimum Gasteiger partial charge on any atom is -0.371 e. The maximum absolute atomic E-state index is 6.07. The number of hydrogen-bond acceptors (Lipinski definition) is 3.